The van der Waals surface area contributed by atoms with Crippen molar-refractivity contribution in [3.63, 3.8) is 0 Å². The number of rotatable bonds is 23. The minimum Gasteiger partial charge on any atom is -0.497 e. The van der Waals surface area contributed by atoms with Gasteiger partial charge in [0, 0.05) is 36.2 Å². The molecule has 1 fully saturated rings. The molecule has 19 heteroatoms. The van der Waals surface area contributed by atoms with E-state index in [9.17, 15) is 19.5 Å². The van der Waals surface area contributed by atoms with Crippen LogP contribution in [0.5, 0.6) is 17.2 Å². The van der Waals surface area contributed by atoms with Crippen molar-refractivity contribution in [3.8, 4) is 17.2 Å². The molecule has 3 heterocycles. The average molecular weight is 1020 g/mol. The molecule has 1 aliphatic rings. The zero-order valence-electron chi connectivity index (χ0n) is 43.4. The first-order valence-electron chi connectivity index (χ1n) is 24.4. The lowest BCUT2D eigenvalue weighted by Crippen LogP contribution is -2.47. The van der Waals surface area contributed by atoms with Crippen LogP contribution in [0.15, 0.2) is 114 Å². The van der Waals surface area contributed by atoms with Gasteiger partial charge >= 0.3 is 0 Å². The van der Waals surface area contributed by atoms with Crippen molar-refractivity contribution in [1.82, 2.24) is 29.1 Å². The highest BCUT2D eigenvalue weighted by atomic mass is 31.2. The van der Waals surface area contributed by atoms with Crippen molar-refractivity contribution in [3.05, 3.63) is 142 Å². The largest absolute Gasteiger partial charge is 0.497 e. The topological polar surface area (TPSA) is 201 Å². The number of nitrogens with one attached hydrogen (secondary N) is 2. The summed E-state index contributed by atoms with van der Waals surface area (Å²) in [7, 11) is 2.66. The number of ether oxygens (including phenoxy) is 5. The first-order valence-corrected chi connectivity index (χ1v) is 25.5. The molecule has 4 atom stereocenters. The third kappa shape index (κ3) is 12.1. The predicted octanol–water partition coefficient (Wildman–Crippen LogP) is 8.65. The van der Waals surface area contributed by atoms with Gasteiger partial charge in [0.2, 0.25) is 17.6 Å². The molecule has 0 radical (unpaired) electrons. The van der Waals surface area contributed by atoms with Crippen LogP contribution >= 0.6 is 8.53 Å². The summed E-state index contributed by atoms with van der Waals surface area (Å²) in [4.78, 5) is 53.5. The number of fused-ring (bicyclic) bond motifs is 1. The number of aliphatic hydroxyl groups is 1. The van der Waals surface area contributed by atoms with Gasteiger partial charge in [-0.1, -0.05) is 68.4 Å². The van der Waals surface area contributed by atoms with Crippen LogP contribution < -0.4 is 25.1 Å². The number of methoxy groups -OCH3 is 3. The van der Waals surface area contributed by atoms with Crippen molar-refractivity contribution in [2.45, 2.75) is 104 Å². The second-order valence-corrected chi connectivity index (χ2v) is 20.3. The number of carbonyl (C=O) groups excluding carboxylic acids is 2. The maximum atomic E-state index is 13.9. The van der Waals surface area contributed by atoms with E-state index < -0.39 is 43.7 Å². The van der Waals surface area contributed by atoms with E-state index in [-0.39, 0.29) is 73.2 Å². The van der Waals surface area contributed by atoms with Crippen LogP contribution in [0.25, 0.3) is 11.2 Å². The number of H-pyrrole nitrogens is 1. The van der Waals surface area contributed by atoms with Crippen LogP contribution in [0.1, 0.15) is 95.1 Å². The van der Waals surface area contributed by atoms with Crippen LogP contribution in [0, 0.1) is 5.92 Å². The lowest BCUT2D eigenvalue weighted by atomic mass is 9.80. The number of nitrogens with zero attached hydrogens (tertiary/aromatic N) is 5. The molecule has 18 nitrogen and oxygen atoms in total. The van der Waals surface area contributed by atoms with Crippen LogP contribution in [-0.4, -0.2) is 117 Å². The molecule has 0 bridgehead atoms. The summed E-state index contributed by atoms with van der Waals surface area (Å²) in [5.41, 5.74) is 0.972. The summed E-state index contributed by atoms with van der Waals surface area (Å²) >= 11 is 0. The molecule has 3 N–H and O–H groups in total. The molecule has 1 saturated heterocycles. The molecule has 390 valence electrons. The Balaban J connectivity index is 1.31. The normalized spacial score (nSPS) is 17.5. The van der Waals surface area contributed by atoms with Gasteiger partial charge in [-0.25, -0.2) is 9.65 Å². The maximum absolute atomic E-state index is 13.9. The summed E-state index contributed by atoms with van der Waals surface area (Å²) in [6.07, 6.45) is -1.08. The van der Waals surface area contributed by atoms with Gasteiger partial charge in [-0.05, 0) is 107 Å². The number of anilines is 1. The molecule has 2 aromatic heterocycles. The highest BCUT2D eigenvalue weighted by Crippen LogP contribution is 2.54. The third-order valence-corrected chi connectivity index (χ3v) is 14.8. The molecular weight excluding hydrogens is 954 g/mol. The van der Waals surface area contributed by atoms with E-state index in [0.717, 1.165) is 16.7 Å². The number of imidazole rings is 1. The van der Waals surface area contributed by atoms with Crippen molar-refractivity contribution < 1.29 is 47.4 Å². The molecule has 2 amide bonds. The van der Waals surface area contributed by atoms with Crippen LogP contribution in [-0.2, 0) is 28.9 Å². The monoisotopic (exact) mass is 1020 g/mol. The molecular formula is C54H68N7O11P. The Kier molecular flexibility index (Phi) is 17.7. The Bertz CT molecular complexity index is 2770. The van der Waals surface area contributed by atoms with Crippen molar-refractivity contribution in [2.75, 3.05) is 46.4 Å². The highest BCUT2D eigenvalue weighted by Gasteiger charge is 2.54. The zero-order valence-corrected chi connectivity index (χ0v) is 44.3. The Hall–Kier alpha value is -6.24. The molecule has 0 spiro atoms. The summed E-state index contributed by atoms with van der Waals surface area (Å²) in [5.74, 6) is -1.22. The number of hydrogen-bond acceptors (Lipinski definition) is 14. The molecule has 0 aliphatic carbocycles. The third-order valence-electron chi connectivity index (χ3n) is 12.7. The number of aromatic nitrogens is 4. The van der Waals surface area contributed by atoms with Gasteiger partial charge in [-0.2, -0.15) is 4.98 Å². The number of hydrogen-bond donors (Lipinski definition) is 3. The van der Waals surface area contributed by atoms with E-state index in [1.165, 1.54) is 6.33 Å². The van der Waals surface area contributed by atoms with E-state index in [1.54, 1.807) is 68.9 Å². The Morgan fingerprint density at radius 2 is 1.37 bits per heavy atom. The molecule has 0 saturated carbocycles. The van der Waals surface area contributed by atoms with Gasteiger partial charge in [-0.15, -0.1) is 0 Å². The minimum absolute atomic E-state index is 0.00678. The van der Waals surface area contributed by atoms with Gasteiger partial charge in [-0.3, -0.25) is 33.8 Å². The minimum atomic E-state index is -2.15. The van der Waals surface area contributed by atoms with Gasteiger partial charge in [0.25, 0.3) is 20.0 Å². The van der Waals surface area contributed by atoms with Crippen LogP contribution in [0.4, 0.5) is 5.95 Å². The van der Waals surface area contributed by atoms with E-state index in [0.29, 0.717) is 22.8 Å². The van der Waals surface area contributed by atoms with E-state index in [1.807, 2.05) is 125 Å². The standard InChI is InChI=1S/C54H68N7O11P/c1-34(2)49(62)57-52-56-48-47(50(63)58-52)55-33-60(48)46-31-53(65,72-73(61(36(5)6)37(7)8)70-30-29-59(35(3)4)51(64)38-17-23-42(66-9)24-18-38)45(71-46)32-69-54(39-15-13-12-14-16-39,40-19-25-43(67-10)26-20-40)41-21-27-44(68-11)28-22-41/h12-28,33-37,45-46,65H,29-32H2,1-11H3,(H2,56,57,58,62,63)/t45-,46-,53-,73?/m1/s1. The van der Waals surface area contributed by atoms with E-state index in [2.05, 4.69) is 20.3 Å². The van der Waals surface area contributed by atoms with E-state index in [4.69, 9.17) is 32.7 Å². The Labute approximate surface area is 427 Å². The SMILES string of the molecule is COc1ccc(C(=O)N(CCOP(O[C@]2(O)C[C@H](n3cnc4c(=O)[nH]c(NC(=O)C(C)C)nc43)O[C@@H]2COC(c2ccccc2)(c2ccc(OC)cc2)c2ccc(OC)cc2)N(C(C)C)C(C)C)C(C)C)cc1. The Morgan fingerprint density at radius 1 is 0.822 bits per heavy atom. The average Bonchev–Trinajstić information content (AvgIpc) is 3.96. The van der Waals surface area contributed by atoms with Crippen molar-refractivity contribution in [2.24, 2.45) is 5.92 Å². The molecule has 1 aliphatic heterocycles. The second-order valence-electron chi connectivity index (χ2n) is 18.9. The van der Waals surface area contributed by atoms with Crippen LogP contribution in [0.3, 0.4) is 0 Å². The quantitative estimate of drug-likeness (QED) is 0.0313. The fraction of sp³-hybridized carbons (Fsp3) is 0.426. The Morgan fingerprint density at radius 3 is 1.89 bits per heavy atom. The van der Waals surface area contributed by atoms with Gasteiger partial charge in [0.1, 0.15) is 35.2 Å². The summed E-state index contributed by atoms with van der Waals surface area (Å²) in [5, 5.41) is 16.1. The summed E-state index contributed by atoms with van der Waals surface area (Å²) in [6.45, 7) is 15.4. The van der Waals surface area contributed by atoms with Gasteiger partial charge in [0.05, 0.1) is 47.3 Å². The molecule has 73 heavy (non-hydrogen) atoms. The molecule has 1 unspecified atom stereocenters. The number of carbonyl (C=O) groups is 2. The lowest BCUT2D eigenvalue weighted by Gasteiger charge is -2.41. The number of benzene rings is 4. The number of amides is 2. The predicted molar refractivity (Wildman–Crippen MR) is 279 cm³/mol. The fourth-order valence-electron chi connectivity index (χ4n) is 8.85. The van der Waals surface area contributed by atoms with Crippen molar-refractivity contribution >= 4 is 37.5 Å². The zero-order chi connectivity index (χ0) is 52.6. The molecule has 7 rings (SSSR count). The van der Waals surface area contributed by atoms with Crippen LogP contribution in [0.2, 0.25) is 0 Å². The van der Waals surface area contributed by atoms with E-state index >= 15 is 0 Å². The molecule has 6 aromatic rings. The highest BCUT2D eigenvalue weighted by molar-refractivity contribution is 7.44. The smallest absolute Gasteiger partial charge is 0.280 e. The van der Waals surface area contributed by atoms with Gasteiger partial charge in [0.15, 0.2) is 11.2 Å². The lowest BCUT2D eigenvalue weighted by molar-refractivity contribution is -0.201. The summed E-state index contributed by atoms with van der Waals surface area (Å²) in [6, 6.07) is 31.4. The van der Waals surface area contributed by atoms with Crippen molar-refractivity contribution in [1.29, 1.82) is 0 Å². The molecule has 4 aromatic carbocycles. The maximum Gasteiger partial charge on any atom is 0.280 e. The first kappa shape index (κ1) is 54.5. The summed E-state index contributed by atoms with van der Waals surface area (Å²) < 4.78 is 48.0. The second kappa shape index (κ2) is 23.7. The van der Waals surface area contributed by atoms with Gasteiger partial charge < -0.3 is 38.2 Å². The number of aromatic amines is 1. The first-order chi connectivity index (χ1) is 34.9. The fourth-order valence-corrected chi connectivity index (χ4v) is 10.6.